The van der Waals surface area contributed by atoms with Crippen molar-refractivity contribution >= 4 is 11.7 Å². The van der Waals surface area contributed by atoms with E-state index in [0.717, 1.165) is 24.5 Å². The lowest BCUT2D eigenvalue weighted by atomic mass is 10.0. The van der Waals surface area contributed by atoms with Crippen LogP contribution in [-0.2, 0) is 29.6 Å². The van der Waals surface area contributed by atoms with Crippen LogP contribution in [0.15, 0.2) is 53.6 Å². The molecular formula is C27H25F4N7O2. The van der Waals surface area contributed by atoms with Crippen LogP contribution in [0, 0.1) is 5.82 Å². The standard InChI is InChI=1S/C27H25F4N7O2/c28-20-8-17(19-12-33-22(34-13-19)7-16-11-35-38(14-16)15-25(32)3-4-25)1-2-18(20)9-24(39)36-23-10-21(40-37-23)26(5-6-26)27(29,30)31/h1-2,8,10-14H,3-7,9,15,32H2,(H,36,37,39). The van der Waals surface area contributed by atoms with Crippen LogP contribution >= 0.6 is 0 Å². The summed E-state index contributed by atoms with van der Waals surface area (Å²) in [7, 11) is 0. The Bertz CT molecular complexity index is 1550. The molecule has 1 amide bonds. The van der Waals surface area contributed by atoms with Crippen LogP contribution in [0.1, 0.15) is 48.4 Å². The van der Waals surface area contributed by atoms with E-state index in [4.69, 9.17) is 10.3 Å². The van der Waals surface area contributed by atoms with Crippen LogP contribution in [0.5, 0.6) is 0 Å². The minimum absolute atomic E-state index is 0.0915. The number of aromatic nitrogens is 5. The average Bonchev–Trinajstić information content (AvgIpc) is 3.76. The molecule has 0 atom stereocenters. The molecule has 2 aliphatic rings. The molecule has 6 rings (SSSR count). The number of alkyl halides is 3. The van der Waals surface area contributed by atoms with E-state index in [-0.39, 0.29) is 41.9 Å². The van der Waals surface area contributed by atoms with Gasteiger partial charge in [0.25, 0.3) is 0 Å². The van der Waals surface area contributed by atoms with Crippen molar-refractivity contribution in [3.05, 3.63) is 77.6 Å². The quantitative estimate of drug-likeness (QED) is 0.295. The molecule has 1 aromatic carbocycles. The van der Waals surface area contributed by atoms with Gasteiger partial charge in [0.2, 0.25) is 5.91 Å². The van der Waals surface area contributed by atoms with E-state index in [9.17, 15) is 22.4 Å². The largest absolute Gasteiger partial charge is 0.401 e. The highest BCUT2D eigenvalue weighted by Gasteiger charge is 2.66. The van der Waals surface area contributed by atoms with Gasteiger partial charge in [0.05, 0.1) is 19.2 Å². The van der Waals surface area contributed by atoms with E-state index in [1.165, 1.54) is 12.1 Å². The van der Waals surface area contributed by atoms with Gasteiger partial charge in [-0.3, -0.25) is 9.48 Å². The third-order valence-corrected chi connectivity index (χ3v) is 7.40. The van der Waals surface area contributed by atoms with Gasteiger partial charge in [0.1, 0.15) is 17.1 Å². The average molecular weight is 556 g/mol. The maximum Gasteiger partial charge on any atom is 0.401 e. The summed E-state index contributed by atoms with van der Waals surface area (Å²) in [5, 5.41) is 10.2. The summed E-state index contributed by atoms with van der Waals surface area (Å²) in [6.07, 6.45) is 4.40. The second kappa shape index (κ2) is 9.51. The fourth-order valence-electron chi connectivity index (χ4n) is 4.59. The van der Waals surface area contributed by atoms with Crippen LogP contribution in [0.4, 0.5) is 23.4 Å². The first-order valence-corrected chi connectivity index (χ1v) is 12.8. The molecule has 0 radical (unpaired) electrons. The number of nitrogens with two attached hydrogens (primary N) is 1. The van der Waals surface area contributed by atoms with Crippen molar-refractivity contribution in [1.82, 2.24) is 24.9 Å². The first-order chi connectivity index (χ1) is 19.0. The Morgan fingerprint density at radius 1 is 1.07 bits per heavy atom. The van der Waals surface area contributed by atoms with Crippen molar-refractivity contribution in [3.8, 4) is 11.1 Å². The van der Waals surface area contributed by atoms with E-state index in [1.54, 1.807) is 24.7 Å². The second-order valence-corrected chi connectivity index (χ2v) is 10.7. The van der Waals surface area contributed by atoms with Gasteiger partial charge in [0, 0.05) is 42.2 Å². The van der Waals surface area contributed by atoms with Crippen LogP contribution in [0.25, 0.3) is 11.1 Å². The number of rotatable bonds is 9. The number of carbonyl (C=O) groups is 1. The monoisotopic (exact) mass is 555 g/mol. The Morgan fingerprint density at radius 3 is 2.48 bits per heavy atom. The van der Waals surface area contributed by atoms with Crippen LogP contribution in [-0.4, -0.2) is 42.5 Å². The molecule has 2 saturated carbocycles. The van der Waals surface area contributed by atoms with Gasteiger partial charge in [-0.25, -0.2) is 14.4 Å². The van der Waals surface area contributed by atoms with Gasteiger partial charge in [0.15, 0.2) is 11.6 Å². The van der Waals surface area contributed by atoms with Crippen molar-refractivity contribution in [2.75, 3.05) is 5.32 Å². The molecule has 3 heterocycles. The third-order valence-electron chi connectivity index (χ3n) is 7.40. The second-order valence-electron chi connectivity index (χ2n) is 10.7. The first-order valence-electron chi connectivity index (χ1n) is 12.8. The summed E-state index contributed by atoms with van der Waals surface area (Å²) in [6, 6.07) is 5.45. The van der Waals surface area contributed by atoms with Gasteiger partial charge in [-0.05, 0) is 48.4 Å². The van der Waals surface area contributed by atoms with Gasteiger partial charge >= 0.3 is 6.18 Å². The topological polar surface area (TPSA) is 125 Å². The van der Waals surface area contributed by atoms with Crippen LogP contribution in [0.3, 0.4) is 0 Å². The molecule has 9 nitrogen and oxygen atoms in total. The van der Waals surface area contributed by atoms with E-state index in [0.29, 0.717) is 29.9 Å². The Kier molecular flexibility index (Phi) is 6.21. The predicted octanol–water partition coefficient (Wildman–Crippen LogP) is 4.32. The molecule has 3 aromatic heterocycles. The lowest BCUT2D eigenvalue weighted by Gasteiger charge is -2.14. The molecular weight excluding hydrogens is 530 g/mol. The maximum atomic E-state index is 14.8. The van der Waals surface area contributed by atoms with Crippen molar-refractivity contribution in [2.45, 2.75) is 62.2 Å². The molecule has 0 unspecified atom stereocenters. The molecule has 13 heteroatoms. The fraction of sp³-hybridized carbons (Fsp3) is 0.370. The highest BCUT2D eigenvalue weighted by Crippen LogP contribution is 2.59. The lowest BCUT2D eigenvalue weighted by Crippen LogP contribution is -2.28. The molecule has 0 bridgehead atoms. The molecule has 0 aliphatic heterocycles. The Morgan fingerprint density at radius 2 is 1.82 bits per heavy atom. The number of benzene rings is 1. The van der Waals surface area contributed by atoms with Crippen molar-refractivity contribution in [3.63, 3.8) is 0 Å². The molecule has 40 heavy (non-hydrogen) atoms. The maximum absolute atomic E-state index is 14.8. The first kappa shape index (κ1) is 26.1. The fourth-order valence-corrected chi connectivity index (χ4v) is 4.59. The van der Waals surface area contributed by atoms with E-state index in [1.807, 2.05) is 10.9 Å². The zero-order valence-electron chi connectivity index (χ0n) is 21.2. The van der Waals surface area contributed by atoms with E-state index >= 15 is 0 Å². The van der Waals surface area contributed by atoms with Gasteiger partial charge in [-0.2, -0.15) is 18.3 Å². The van der Waals surface area contributed by atoms with Crippen molar-refractivity contribution < 1.29 is 26.9 Å². The predicted molar refractivity (Wildman–Crippen MR) is 134 cm³/mol. The lowest BCUT2D eigenvalue weighted by molar-refractivity contribution is -0.165. The Balaban J connectivity index is 1.06. The Hall–Kier alpha value is -4.13. The molecule has 0 spiro atoms. The van der Waals surface area contributed by atoms with Crippen LogP contribution in [0.2, 0.25) is 0 Å². The smallest absolute Gasteiger partial charge is 0.358 e. The number of nitrogens with one attached hydrogen (secondary N) is 1. The van der Waals surface area contributed by atoms with E-state index < -0.39 is 23.3 Å². The molecule has 3 N–H and O–H groups in total. The number of anilines is 1. The number of carbonyl (C=O) groups excluding carboxylic acids is 1. The Labute approximate surface area is 225 Å². The number of halogens is 4. The number of hydrogen-bond donors (Lipinski definition) is 2. The van der Waals surface area contributed by atoms with Crippen molar-refractivity contribution in [1.29, 1.82) is 0 Å². The summed E-state index contributed by atoms with van der Waals surface area (Å²) in [5.74, 6) is -1.16. The molecule has 2 aliphatic carbocycles. The molecule has 0 saturated heterocycles. The van der Waals surface area contributed by atoms with Crippen LogP contribution < -0.4 is 11.1 Å². The van der Waals surface area contributed by atoms with Gasteiger partial charge in [-0.15, -0.1) is 0 Å². The zero-order chi connectivity index (χ0) is 28.1. The molecule has 208 valence electrons. The normalized spacial score (nSPS) is 17.0. The number of hydrogen-bond acceptors (Lipinski definition) is 7. The molecule has 2 fully saturated rings. The summed E-state index contributed by atoms with van der Waals surface area (Å²) in [6.45, 7) is 0.680. The number of amides is 1. The minimum Gasteiger partial charge on any atom is -0.358 e. The molecule has 4 aromatic rings. The third kappa shape index (κ3) is 5.33. The highest BCUT2D eigenvalue weighted by atomic mass is 19.4. The summed E-state index contributed by atoms with van der Waals surface area (Å²) >= 11 is 0. The van der Waals surface area contributed by atoms with Gasteiger partial charge < -0.3 is 15.6 Å². The summed E-state index contributed by atoms with van der Waals surface area (Å²) < 4.78 is 61.3. The highest BCUT2D eigenvalue weighted by molar-refractivity contribution is 5.91. The minimum atomic E-state index is -4.46. The number of nitrogens with zero attached hydrogens (tertiary/aromatic N) is 5. The summed E-state index contributed by atoms with van der Waals surface area (Å²) in [5.41, 5.74) is 6.16. The van der Waals surface area contributed by atoms with E-state index in [2.05, 4.69) is 25.5 Å². The summed E-state index contributed by atoms with van der Waals surface area (Å²) in [4.78, 5) is 21.2. The van der Waals surface area contributed by atoms with Gasteiger partial charge in [-0.1, -0.05) is 17.3 Å². The zero-order valence-corrected chi connectivity index (χ0v) is 21.2. The SMILES string of the molecule is NC1(Cn2cc(Cc3ncc(-c4ccc(CC(=O)Nc5cc(C6(C(F)(F)F)CC6)on5)c(F)c4)cn3)cn2)CC1. The van der Waals surface area contributed by atoms with Crippen molar-refractivity contribution in [2.24, 2.45) is 5.73 Å².